The smallest absolute Gasteiger partial charge is 0.264 e. The molecule has 2 aromatic carbocycles. The summed E-state index contributed by atoms with van der Waals surface area (Å²) < 4.78 is 0. The number of unbranched alkanes of at least 4 members (excludes halogenated alkanes) is 2. The van der Waals surface area contributed by atoms with Gasteiger partial charge in [-0.15, -0.1) is 11.3 Å². The number of amides is 2. The van der Waals surface area contributed by atoms with E-state index in [0.29, 0.717) is 18.4 Å². The lowest BCUT2D eigenvalue weighted by Gasteiger charge is -2.38. The summed E-state index contributed by atoms with van der Waals surface area (Å²) >= 11 is 1.69. The van der Waals surface area contributed by atoms with Crippen molar-refractivity contribution < 1.29 is 9.59 Å². The second-order valence-electron chi connectivity index (χ2n) is 14.2. The molecule has 1 aromatic heterocycles. The highest BCUT2D eigenvalue weighted by atomic mass is 32.1. The van der Waals surface area contributed by atoms with Crippen molar-refractivity contribution in [3.63, 3.8) is 0 Å². The number of hydrogen-bond acceptors (Lipinski definition) is 4. The van der Waals surface area contributed by atoms with Gasteiger partial charge in [0.25, 0.3) is 11.8 Å². The van der Waals surface area contributed by atoms with Crippen LogP contribution in [-0.4, -0.2) is 65.3 Å². The van der Waals surface area contributed by atoms with Crippen molar-refractivity contribution >= 4 is 23.2 Å². The van der Waals surface area contributed by atoms with E-state index >= 15 is 0 Å². The van der Waals surface area contributed by atoms with Crippen LogP contribution in [0.3, 0.4) is 0 Å². The molecule has 2 aliphatic heterocycles. The molecule has 248 valence electrons. The van der Waals surface area contributed by atoms with Gasteiger partial charge in [-0.05, 0) is 104 Å². The second-order valence-corrected chi connectivity index (χ2v) is 15.3. The molecular formula is C40H55N3O2S. The molecule has 0 spiro atoms. The topological polar surface area (TPSA) is 43.9 Å². The van der Waals surface area contributed by atoms with Crippen LogP contribution in [0.5, 0.6) is 0 Å². The summed E-state index contributed by atoms with van der Waals surface area (Å²) in [6.45, 7) is 14.7. The highest BCUT2D eigenvalue weighted by Gasteiger charge is 2.30. The SMILES string of the molecule is CCCCCc1ccc(C(=O)N(Cc2ccc(-c3ccc(C(=O)N4CCC(C)CC4)cc3)cc2)C2CCN(CCC(C)C)CC2)s1. The van der Waals surface area contributed by atoms with Crippen LogP contribution in [0.15, 0.2) is 60.7 Å². The van der Waals surface area contributed by atoms with E-state index in [1.54, 1.807) is 11.3 Å². The van der Waals surface area contributed by atoms with Crippen molar-refractivity contribution in [3.8, 4) is 11.1 Å². The van der Waals surface area contributed by atoms with Crippen LogP contribution < -0.4 is 0 Å². The van der Waals surface area contributed by atoms with Crippen LogP contribution in [0.4, 0.5) is 0 Å². The van der Waals surface area contributed by atoms with Gasteiger partial charge in [-0.3, -0.25) is 9.59 Å². The van der Waals surface area contributed by atoms with E-state index in [4.69, 9.17) is 0 Å². The fourth-order valence-corrected chi connectivity index (χ4v) is 7.78. The van der Waals surface area contributed by atoms with Gasteiger partial charge in [0.05, 0.1) is 4.88 Å². The third kappa shape index (κ3) is 9.32. The predicted molar refractivity (Wildman–Crippen MR) is 193 cm³/mol. The standard InChI is InChI=1S/C40H55N3O2S/c1-5-6-7-8-37-17-18-38(46-37)40(45)43(36-22-25-41(26-23-36)24-19-30(2)3)29-32-9-11-33(12-10-32)34-13-15-35(16-14-34)39(44)42-27-20-31(4)21-28-42/h9-18,30-31,36H,5-8,19-29H2,1-4H3. The highest BCUT2D eigenvalue weighted by molar-refractivity contribution is 7.14. The van der Waals surface area contributed by atoms with Crippen molar-refractivity contribution in [3.05, 3.63) is 81.5 Å². The van der Waals surface area contributed by atoms with E-state index in [2.05, 4.69) is 86.0 Å². The Balaban J connectivity index is 1.26. The molecule has 0 atom stereocenters. The van der Waals surface area contributed by atoms with E-state index in [1.165, 1.54) is 30.6 Å². The van der Waals surface area contributed by atoms with Crippen molar-refractivity contribution in [2.24, 2.45) is 11.8 Å². The van der Waals surface area contributed by atoms with E-state index in [9.17, 15) is 9.59 Å². The monoisotopic (exact) mass is 641 g/mol. The summed E-state index contributed by atoms with van der Waals surface area (Å²) in [6, 6.07) is 21.2. The number of carbonyl (C=O) groups is 2. The number of carbonyl (C=O) groups excluding carboxylic acids is 2. The van der Waals surface area contributed by atoms with Crippen LogP contribution >= 0.6 is 11.3 Å². The normalized spacial score (nSPS) is 16.7. The predicted octanol–water partition coefficient (Wildman–Crippen LogP) is 9.17. The summed E-state index contributed by atoms with van der Waals surface area (Å²) in [6.07, 6.45) is 10.2. The van der Waals surface area contributed by atoms with Gasteiger partial charge >= 0.3 is 0 Å². The molecule has 3 heterocycles. The lowest BCUT2D eigenvalue weighted by molar-refractivity contribution is 0.0550. The average molecular weight is 642 g/mol. The second kappa shape index (κ2) is 16.7. The van der Waals surface area contributed by atoms with Gasteiger partial charge in [-0.1, -0.05) is 76.9 Å². The maximum Gasteiger partial charge on any atom is 0.264 e. The minimum atomic E-state index is 0.142. The number of piperidine rings is 2. The molecule has 2 fully saturated rings. The summed E-state index contributed by atoms with van der Waals surface area (Å²) in [5, 5.41) is 0. The molecule has 0 unspecified atom stereocenters. The first-order valence-corrected chi connectivity index (χ1v) is 18.7. The van der Waals surface area contributed by atoms with Gasteiger partial charge in [-0.25, -0.2) is 0 Å². The molecule has 2 aliphatic rings. The van der Waals surface area contributed by atoms with Crippen molar-refractivity contribution in [1.29, 1.82) is 0 Å². The van der Waals surface area contributed by atoms with Crippen LogP contribution in [0.1, 0.15) is 110 Å². The van der Waals surface area contributed by atoms with E-state index in [0.717, 1.165) is 92.0 Å². The number of hydrogen-bond donors (Lipinski definition) is 0. The van der Waals surface area contributed by atoms with E-state index in [1.807, 2.05) is 17.0 Å². The van der Waals surface area contributed by atoms with Gasteiger partial charge < -0.3 is 14.7 Å². The Bertz CT molecular complexity index is 1380. The summed E-state index contributed by atoms with van der Waals surface area (Å²) in [7, 11) is 0. The number of thiophene rings is 1. The van der Waals surface area contributed by atoms with Crippen LogP contribution in [0.2, 0.25) is 0 Å². The molecule has 0 radical (unpaired) electrons. The fraction of sp³-hybridized carbons (Fsp3) is 0.550. The molecule has 3 aromatic rings. The minimum absolute atomic E-state index is 0.142. The Morgan fingerprint density at radius 3 is 2.13 bits per heavy atom. The molecule has 2 amide bonds. The fourth-order valence-electron chi connectivity index (χ4n) is 6.78. The first-order valence-electron chi connectivity index (χ1n) is 17.9. The molecule has 5 nitrogen and oxygen atoms in total. The highest BCUT2D eigenvalue weighted by Crippen LogP contribution is 2.28. The Morgan fingerprint density at radius 2 is 1.50 bits per heavy atom. The molecule has 0 bridgehead atoms. The van der Waals surface area contributed by atoms with Gasteiger partial charge in [0.1, 0.15) is 0 Å². The maximum atomic E-state index is 14.1. The zero-order valence-corrected chi connectivity index (χ0v) is 29.5. The Hall–Kier alpha value is -2.96. The van der Waals surface area contributed by atoms with Gasteiger partial charge in [0.2, 0.25) is 0 Å². The van der Waals surface area contributed by atoms with Crippen LogP contribution in [-0.2, 0) is 13.0 Å². The first-order chi connectivity index (χ1) is 22.3. The van der Waals surface area contributed by atoms with Gasteiger partial charge in [0, 0.05) is 49.2 Å². The maximum absolute atomic E-state index is 14.1. The van der Waals surface area contributed by atoms with Crippen LogP contribution in [0.25, 0.3) is 11.1 Å². The molecule has 0 saturated carbocycles. The first kappa shape index (κ1) is 34.4. The molecular weight excluding hydrogens is 587 g/mol. The van der Waals surface area contributed by atoms with E-state index in [-0.39, 0.29) is 17.9 Å². The van der Waals surface area contributed by atoms with Crippen LogP contribution in [0, 0.1) is 11.8 Å². The molecule has 2 saturated heterocycles. The van der Waals surface area contributed by atoms with Crippen molar-refractivity contribution in [2.45, 2.75) is 98.1 Å². The van der Waals surface area contributed by atoms with Gasteiger partial charge in [-0.2, -0.15) is 0 Å². The minimum Gasteiger partial charge on any atom is -0.339 e. The molecule has 5 rings (SSSR count). The lowest BCUT2D eigenvalue weighted by atomic mass is 9.98. The average Bonchev–Trinajstić information content (AvgIpc) is 3.56. The molecule has 0 N–H and O–H groups in total. The third-order valence-electron chi connectivity index (χ3n) is 10.0. The number of aryl methyl sites for hydroxylation is 1. The summed E-state index contributed by atoms with van der Waals surface area (Å²) in [4.78, 5) is 36.0. The Kier molecular flexibility index (Phi) is 12.5. The zero-order valence-electron chi connectivity index (χ0n) is 28.7. The molecule has 0 aliphatic carbocycles. The van der Waals surface area contributed by atoms with Gasteiger partial charge in [0.15, 0.2) is 0 Å². The quantitative estimate of drug-likeness (QED) is 0.175. The lowest BCUT2D eigenvalue weighted by Crippen LogP contribution is -2.47. The molecule has 6 heteroatoms. The number of rotatable bonds is 13. The summed E-state index contributed by atoms with van der Waals surface area (Å²) in [5.74, 6) is 1.74. The Morgan fingerprint density at radius 1 is 0.848 bits per heavy atom. The number of likely N-dealkylation sites (tertiary alicyclic amines) is 2. The third-order valence-corrected chi connectivity index (χ3v) is 11.2. The Labute approximate surface area is 282 Å². The number of benzene rings is 2. The number of nitrogens with zero attached hydrogens (tertiary/aromatic N) is 3. The van der Waals surface area contributed by atoms with E-state index < -0.39 is 0 Å². The van der Waals surface area contributed by atoms with Crippen molar-refractivity contribution in [2.75, 3.05) is 32.7 Å². The largest absolute Gasteiger partial charge is 0.339 e. The molecule has 46 heavy (non-hydrogen) atoms. The van der Waals surface area contributed by atoms with Crippen molar-refractivity contribution in [1.82, 2.24) is 14.7 Å². The zero-order chi connectivity index (χ0) is 32.5. The summed E-state index contributed by atoms with van der Waals surface area (Å²) in [5.41, 5.74) is 4.15.